The third-order valence-electron chi connectivity index (χ3n) is 6.49. The SMILES string of the molecule is C[C@@H]1CO[C@H]2[C@@H]1OC[C@H]2Oc1nc2nc(-c3ccc(-c4ccc(C#N)cc4F)cc3)c(Cl)cc2[nH]1. The molecule has 0 aliphatic carbocycles. The Kier molecular flexibility index (Phi) is 5.41. The lowest BCUT2D eigenvalue weighted by Crippen LogP contribution is -2.33. The molecule has 0 saturated carbocycles. The van der Waals surface area contributed by atoms with E-state index in [2.05, 4.69) is 21.9 Å². The number of rotatable bonds is 4. The highest BCUT2D eigenvalue weighted by Crippen LogP contribution is 2.34. The molecule has 0 radical (unpaired) electrons. The molecule has 0 bridgehead atoms. The maximum atomic E-state index is 14.4. The normalized spacial score (nSPS) is 23.4. The Morgan fingerprint density at radius 2 is 1.83 bits per heavy atom. The lowest BCUT2D eigenvalue weighted by Gasteiger charge is -2.15. The van der Waals surface area contributed by atoms with E-state index in [-0.39, 0.29) is 23.9 Å². The van der Waals surface area contributed by atoms with Crippen LogP contribution >= 0.6 is 11.6 Å². The molecule has 6 rings (SSSR count). The number of halogens is 2. The molecule has 0 unspecified atom stereocenters. The molecule has 9 heteroatoms. The average Bonchev–Trinajstić information content (AvgIpc) is 3.55. The number of hydrogen-bond donors (Lipinski definition) is 1. The van der Waals surface area contributed by atoms with E-state index >= 15 is 0 Å². The van der Waals surface area contributed by atoms with E-state index in [1.54, 1.807) is 30.3 Å². The van der Waals surface area contributed by atoms with Crippen LogP contribution in [0.1, 0.15) is 12.5 Å². The molecule has 2 aliphatic rings. The van der Waals surface area contributed by atoms with Gasteiger partial charge in [0.15, 0.2) is 11.8 Å². The summed E-state index contributed by atoms with van der Waals surface area (Å²) >= 11 is 6.54. The Morgan fingerprint density at radius 1 is 1.06 bits per heavy atom. The Morgan fingerprint density at radius 3 is 2.60 bits per heavy atom. The van der Waals surface area contributed by atoms with Crippen molar-refractivity contribution in [2.24, 2.45) is 5.92 Å². The van der Waals surface area contributed by atoms with Crippen LogP contribution < -0.4 is 4.74 Å². The first-order valence-corrected chi connectivity index (χ1v) is 11.6. The molecule has 176 valence electrons. The highest BCUT2D eigenvalue weighted by molar-refractivity contribution is 6.33. The van der Waals surface area contributed by atoms with Gasteiger partial charge in [0.2, 0.25) is 0 Å². The molecule has 0 amide bonds. The number of aromatic nitrogens is 3. The summed E-state index contributed by atoms with van der Waals surface area (Å²) in [5.41, 5.74) is 3.82. The molecule has 2 fully saturated rings. The van der Waals surface area contributed by atoms with Gasteiger partial charge >= 0.3 is 0 Å². The maximum absolute atomic E-state index is 14.4. The first kappa shape index (κ1) is 22.0. The topological polar surface area (TPSA) is 93.0 Å². The van der Waals surface area contributed by atoms with Crippen molar-refractivity contribution >= 4 is 22.8 Å². The molecule has 4 atom stereocenters. The number of nitriles is 1. The van der Waals surface area contributed by atoms with Crippen LogP contribution in [0.25, 0.3) is 33.5 Å². The van der Waals surface area contributed by atoms with Crippen molar-refractivity contribution in [3.8, 4) is 34.5 Å². The summed E-state index contributed by atoms with van der Waals surface area (Å²) in [4.78, 5) is 12.3. The number of ether oxygens (including phenoxy) is 3. The van der Waals surface area contributed by atoms with Gasteiger partial charge in [-0.25, -0.2) is 9.37 Å². The van der Waals surface area contributed by atoms with E-state index < -0.39 is 5.82 Å². The van der Waals surface area contributed by atoms with Gasteiger partial charge in [-0.15, -0.1) is 0 Å². The van der Waals surface area contributed by atoms with E-state index in [0.29, 0.717) is 58.1 Å². The van der Waals surface area contributed by atoms with Crippen LogP contribution in [0.3, 0.4) is 0 Å². The summed E-state index contributed by atoms with van der Waals surface area (Å²) in [5, 5.41) is 9.39. The fourth-order valence-corrected chi connectivity index (χ4v) is 4.94. The summed E-state index contributed by atoms with van der Waals surface area (Å²) in [7, 11) is 0. The van der Waals surface area contributed by atoms with Crippen molar-refractivity contribution in [1.82, 2.24) is 15.0 Å². The highest BCUT2D eigenvalue weighted by atomic mass is 35.5. The van der Waals surface area contributed by atoms with Gasteiger partial charge in [-0.05, 0) is 23.8 Å². The molecular formula is C26H20ClFN4O3. The second-order valence-corrected chi connectivity index (χ2v) is 9.25. The Balaban J connectivity index is 1.25. The molecule has 1 N–H and O–H groups in total. The maximum Gasteiger partial charge on any atom is 0.296 e. The molecule has 2 aliphatic heterocycles. The van der Waals surface area contributed by atoms with Gasteiger partial charge in [-0.2, -0.15) is 10.2 Å². The molecule has 2 aromatic heterocycles. The number of pyridine rings is 1. The van der Waals surface area contributed by atoms with Crippen LogP contribution in [0, 0.1) is 23.1 Å². The van der Waals surface area contributed by atoms with Crippen molar-refractivity contribution in [1.29, 1.82) is 5.26 Å². The van der Waals surface area contributed by atoms with Crippen LogP contribution in [0.2, 0.25) is 5.02 Å². The fraction of sp³-hybridized carbons (Fsp3) is 0.269. The van der Waals surface area contributed by atoms with Crippen LogP contribution in [-0.4, -0.2) is 46.5 Å². The first-order valence-electron chi connectivity index (χ1n) is 11.3. The standard InChI is InChI=1S/C26H20ClFN4O3/c1-13-11-33-24-21(12-34-23(13)24)35-26-30-20-9-18(27)22(31-25(20)32-26)16-5-3-15(4-6-16)17-7-2-14(10-29)8-19(17)28/h2-9,13,21,23-24H,11-12H2,1H3,(H,30,31,32)/t13-,21-,23-,24-/m1/s1. The Hall–Kier alpha value is -3.51. The highest BCUT2D eigenvalue weighted by Gasteiger charge is 2.47. The number of aromatic amines is 1. The van der Waals surface area contributed by atoms with Crippen LogP contribution in [-0.2, 0) is 9.47 Å². The molecule has 2 saturated heterocycles. The number of hydrogen-bond acceptors (Lipinski definition) is 6. The number of imidazole rings is 1. The van der Waals surface area contributed by atoms with Crippen molar-refractivity contribution in [3.63, 3.8) is 0 Å². The van der Waals surface area contributed by atoms with E-state index in [4.69, 9.17) is 31.1 Å². The smallest absolute Gasteiger partial charge is 0.296 e. The minimum Gasteiger partial charge on any atom is -0.456 e. The number of H-pyrrole nitrogens is 1. The van der Waals surface area contributed by atoms with Crippen molar-refractivity contribution in [2.45, 2.75) is 25.2 Å². The van der Waals surface area contributed by atoms with Gasteiger partial charge in [-0.3, -0.25) is 0 Å². The molecule has 4 aromatic rings. The summed E-state index contributed by atoms with van der Waals surface area (Å²) < 4.78 is 32.1. The van der Waals surface area contributed by atoms with Gasteiger partial charge in [0, 0.05) is 17.0 Å². The van der Waals surface area contributed by atoms with Crippen molar-refractivity contribution < 1.29 is 18.6 Å². The fourth-order valence-electron chi connectivity index (χ4n) is 4.68. The van der Waals surface area contributed by atoms with Crippen molar-refractivity contribution in [3.05, 3.63) is 64.9 Å². The molecule has 35 heavy (non-hydrogen) atoms. The van der Waals surface area contributed by atoms with Gasteiger partial charge in [0.25, 0.3) is 6.01 Å². The zero-order valence-electron chi connectivity index (χ0n) is 18.7. The number of nitrogens with zero attached hydrogens (tertiary/aromatic N) is 3. The minimum absolute atomic E-state index is 0.0456. The van der Waals surface area contributed by atoms with Gasteiger partial charge < -0.3 is 19.2 Å². The predicted octanol–water partition coefficient (Wildman–Crippen LogP) is 5.14. The van der Waals surface area contributed by atoms with E-state index in [1.807, 2.05) is 18.2 Å². The second kappa shape index (κ2) is 8.61. The lowest BCUT2D eigenvalue weighted by molar-refractivity contribution is 0.0262. The third kappa shape index (κ3) is 3.92. The van der Waals surface area contributed by atoms with E-state index in [0.717, 1.165) is 5.56 Å². The van der Waals surface area contributed by atoms with Crippen LogP contribution in [0.5, 0.6) is 6.01 Å². The van der Waals surface area contributed by atoms with Crippen LogP contribution in [0.15, 0.2) is 48.5 Å². The lowest BCUT2D eigenvalue weighted by atomic mass is 10.0. The van der Waals surface area contributed by atoms with E-state index in [1.165, 1.54) is 6.07 Å². The van der Waals surface area contributed by atoms with Crippen LogP contribution in [0.4, 0.5) is 4.39 Å². The van der Waals surface area contributed by atoms with Gasteiger partial charge in [0.1, 0.15) is 11.9 Å². The Labute approximate surface area is 205 Å². The first-order chi connectivity index (χ1) is 17.0. The summed E-state index contributed by atoms with van der Waals surface area (Å²) in [6.45, 7) is 3.21. The molecule has 0 spiro atoms. The zero-order valence-corrected chi connectivity index (χ0v) is 19.4. The van der Waals surface area contributed by atoms with Gasteiger partial charge in [0.05, 0.1) is 47.2 Å². The van der Waals surface area contributed by atoms with Crippen molar-refractivity contribution in [2.75, 3.05) is 13.2 Å². The van der Waals surface area contributed by atoms with E-state index in [9.17, 15) is 4.39 Å². The molecular weight excluding hydrogens is 471 g/mol. The number of nitrogens with one attached hydrogen (secondary N) is 1. The Bertz CT molecular complexity index is 1470. The predicted molar refractivity (Wildman–Crippen MR) is 128 cm³/mol. The number of fused-ring (bicyclic) bond motifs is 2. The number of benzene rings is 2. The summed E-state index contributed by atoms with van der Waals surface area (Å²) in [6, 6.07) is 15.7. The summed E-state index contributed by atoms with van der Waals surface area (Å²) in [5.74, 6) is -0.109. The average molecular weight is 491 g/mol. The zero-order chi connectivity index (χ0) is 24.1. The molecule has 2 aromatic carbocycles. The quantitative estimate of drug-likeness (QED) is 0.426. The van der Waals surface area contributed by atoms with Gasteiger partial charge in [-0.1, -0.05) is 48.9 Å². The largest absolute Gasteiger partial charge is 0.456 e. The monoisotopic (exact) mass is 490 g/mol. The third-order valence-corrected chi connectivity index (χ3v) is 6.78. The summed E-state index contributed by atoms with van der Waals surface area (Å²) in [6.07, 6.45) is -0.301. The molecule has 7 nitrogen and oxygen atoms in total. The minimum atomic E-state index is -0.449. The molecule has 4 heterocycles. The second-order valence-electron chi connectivity index (χ2n) is 8.85.